The number of hydrogen-bond donors (Lipinski definition) is 1. The zero-order chi connectivity index (χ0) is 19.9. The van der Waals surface area contributed by atoms with Gasteiger partial charge in [0, 0.05) is 12.7 Å². The third-order valence-corrected chi connectivity index (χ3v) is 5.28. The predicted octanol–water partition coefficient (Wildman–Crippen LogP) is 3.47. The Morgan fingerprint density at radius 2 is 1.89 bits per heavy atom. The number of aromatic nitrogens is 1. The first kappa shape index (κ1) is 20.0. The number of likely N-dealkylation sites (N-methyl/N-ethyl adjacent to an activating group) is 1. The Labute approximate surface area is 168 Å². The van der Waals surface area contributed by atoms with E-state index in [4.69, 9.17) is 4.74 Å². The molecule has 0 radical (unpaired) electrons. The maximum Gasteiger partial charge on any atom is 0.248 e. The number of nitrogens with zero attached hydrogens (tertiary/aromatic N) is 2. The molecule has 7 heteroatoms. The summed E-state index contributed by atoms with van der Waals surface area (Å²) in [7, 11) is 1.59. The summed E-state index contributed by atoms with van der Waals surface area (Å²) in [6.45, 7) is 2.19. The zero-order valence-electron chi connectivity index (χ0n) is 16.0. The highest BCUT2D eigenvalue weighted by molar-refractivity contribution is 7.18. The maximum absolute atomic E-state index is 12.2. The molecule has 0 aliphatic rings. The fourth-order valence-corrected chi connectivity index (χ4v) is 3.67. The second-order valence-corrected chi connectivity index (χ2v) is 7.49. The molecule has 146 valence electrons. The summed E-state index contributed by atoms with van der Waals surface area (Å²) in [6, 6.07) is 15.5. The highest BCUT2D eigenvalue weighted by Crippen LogP contribution is 2.22. The van der Waals surface area contributed by atoms with E-state index in [1.165, 1.54) is 4.90 Å². The summed E-state index contributed by atoms with van der Waals surface area (Å²) < 4.78 is 6.58. The van der Waals surface area contributed by atoms with E-state index in [1.807, 2.05) is 55.5 Å². The van der Waals surface area contributed by atoms with E-state index in [9.17, 15) is 9.59 Å². The van der Waals surface area contributed by atoms with Crippen LogP contribution in [0.2, 0.25) is 0 Å². The average Bonchev–Trinajstić information content (AvgIpc) is 3.11. The number of aryl methyl sites for hydroxylation is 1. The quantitative estimate of drug-likeness (QED) is 0.632. The third kappa shape index (κ3) is 5.15. The number of hydrogen-bond acceptors (Lipinski definition) is 5. The number of nitrogens with one attached hydrogen (secondary N) is 1. The van der Waals surface area contributed by atoms with Crippen LogP contribution < -0.4 is 5.32 Å². The van der Waals surface area contributed by atoms with Crippen LogP contribution in [0, 0.1) is 0 Å². The molecule has 3 aromatic rings. The molecule has 0 unspecified atom stereocenters. The van der Waals surface area contributed by atoms with Gasteiger partial charge in [0.2, 0.25) is 11.8 Å². The molecule has 1 aromatic heterocycles. The zero-order valence-corrected chi connectivity index (χ0v) is 16.8. The van der Waals surface area contributed by atoms with Crippen molar-refractivity contribution in [2.75, 3.05) is 25.5 Å². The lowest BCUT2D eigenvalue weighted by atomic mass is 10.1. The van der Waals surface area contributed by atoms with Crippen LogP contribution in [0.15, 0.2) is 48.5 Å². The SMILES string of the molecule is CCc1ccccc1NC(=O)CN(C)C(=O)COCc1nc2ccccc2s1. The van der Waals surface area contributed by atoms with Crippen LogP contribution >= 0.6 is 11.3 Å². The summed E-state index contributed by atoms with van der Waals surface area (Å²) in [6.07, 6.45) is 0.824. The molecule has 2 amide bonds. The first-order valence-corrected chi connectivity index (χ1v) is 9.92. The number of ether oxygens (including phenoxy) is 1. The number of para-hydroxylation sites is 2. The van der Waals surface area contributed by atoms with Crippen LogP contribution in [0.4, 0.5) is 5.69 Å². The van der Waals surface area contributed by atoms with Crippen molar-refractivity contribution >= 4 is 39.1 Å². The van der Waals surface area contributed by atoms with E-state index in [2.05, 4.69) is 10.3 Å². The monoisotopic (exact) mass is 397 g/mol. The van der Waals surface area contributed by atoms with Crippen LogP contribution in [-0.4, -0.2) is 41.9 Å². The molecule has 1 heterocycles. The van der Waals surface area contributed by atoms with Crippen LogP contribution in [0.1, 0.15) is 17.5 Å². The Balaban J connectivity index is 1.45. The van der Waals surface area contributed by atoms with Gasteiger partial charge in [-0.15, -0.1) is 11.3 Å². The van der Waals surface area contributed by atoms with Gasteiger partial charge in [-0.3, -0.25) is 9.59 Å². The van der Waals surface area contributed by atoms with Gasteiger partial charge in [-0.1, -0.05) is 37.3 Å². The van der Waals surface area contributed by atoms with Gasteiger partial charge in [0.25, 0.3) is 0 Å². The molecule has 0 aliphatic carbocycles. The first-order valence-electron chi connectivity index (χ1n) is 9.10. The number of fused-ring (bicyclic) bond motifs is 1. The number of amides is 2. The maximum atomic E-state index is 12.2. The minimum Gasteiger partial charge on any atom is -0.364 e. The molecule has 6 nitrogen and oxygen atoms in total. The van der Waals surface area contributed by atoms with Gasteiger partial charge in [-0.2, -0.15) is 0 Å². The van der Waals surface area contributed by atoms with Gasteiger partial charge in [0.05, 0.1) is 23.4 Å². The first-order chi connectivity index (χ1) is 13.6. The molecule has 0 saturated carbocycles. The fraction of sp³-hybridized carbons (Fsp3) is 0.286. The van der Waals surface area contributed by atoms with Crippen LogP contribution in [0.3, 0.4) is 0 Å². The lowest BCUT2D eigenvalue weighted by molar-refractivity contribution is -0.137. The van der Waals surface area contributed by atoms with Crippen molar-refractivity contribution < 1.29 is 14.3 Å². The van der Waals surface area contributed by atoms with Crippen LogP contribution in [0.25, 0.3) is 10.2 Å². The second kappa shape index (κ2) is 9.43. The third-order valence-electron chi connectivity index (χ3n) is 4.27. The van der Waals surface area contributed by atoms with Crippen molar-refractivity contribution in [3.05, 3.63) is 59.1 Å². The molecular weight excluding hydrogens is 374 g/mol. The lowest BCUT2D eigenvalue weighted by Crippen LogP contribution is -2.37. The van der Waals surface area contributed by atoms with Crippen molar-refractivity contribution in [3.63, 3.8) is 0 Å². The highest BCUT2D eigenvalue weighted by atomic mass is 32.1. The van der Waals surface area contributed by atoms with Crippen molar-refractivity contribution in [2.24, 2.45) is 0 Å². The number of carbonyl (C=O) groups is 2. The van der Waals surface area contributed by atoms with Gasteiger partial charge in [0.1, 0.15) is 11.6 Å². The molecule has 0 saturated heterocycles. The highest BCUT2D eigenvalue weighted by Gasteiger charge is 2.14. The molecule has 3 rings (SSSR count). The summed E-state index contributed by atoms with van der Waals surface area (Å²) in [5.41, 5.74) is 2.77. The smallest absolute Gasteiger partial charge is 0.248 e. The Hall–Kier alpha value is -2.77. The second-order valence-electron chi connectivity index (χ2n) is 6.38. The molecule has 0 atom stereocenters. The molecule has 0 spiro atoms. The Kier molecular flexibility index (Phi) is 6.73. The Morgan fingerprint density at radius 3 is 2.68 bits per heavy atom. The van der Waals surface area contributed by atoms with E-state index >= 15 is 0 Å². The fourth-order valence-electron chi connectivity index (χ4n) is 2.76. The van der Waals surface area contributed by atoms with Crippen LogP contribution in [-0.2, 0) is 27.4 Å². The average molecular weight is 398 g/mol. The largest absolute Gasteiger partial charge is 0.364 e. The van der Waals surface area contributed by atoms with Crippen molar-refractivity contribution in [1.82, 2.24) is 9.88 Å². The molecule has 0 aliphatic heterocycles. The number of rotatable bonds is 8. The van der Waals surface area contributed by atoms with Gasteiger partial charge in [0.15, 0.2) is 0 Å². The van der Waals surface area contributed by atoms with E-state index < -0.39 is 0 Å². The van der Waals surface area contributed by atoms with E-state index in [1.54, 1.807) is 18.4 Å². The molecule has 1 N–H and O–H groups in total. The Bertz CT molecular complexity index is 937. The van der Waals surface area contributed by atoms with Gasteiger partial charge < -0.3 is 15.0 Å². The minimum atomic E-state index is -0.250. The number of carbonyl (C=O) groups excluding carboxylic acids is 2. The number of thiazole rings is 1. The van der Waals surface area contributed by atoms with Gasteiger partial charge >= 0.3 is 0 Å². The lowest BCUT2D eigenvalue weighted by Gasteiger charge is -2.17. The standard InChI is InChI=1S/C21H23N3O3S/c1-3-15-8-4-5-9-16(15)22-19(25)12-24(2)21(26)14-27-13-20-23-17-10-6-7-11-18(17)28-20/h4-11H,3,12-14H2,1-2H3,(H,22,25). The molecular formula is C21H23N3O3S. The normalized spacial score (nSPS) is 10.8. The van der Waals surface area contributed by atoms with Crippen molar-refractivity contribution in [2.45, 2.75) is 20.0 Å². The predicted molar refractivity (Wildman–Crippen MR) is 111 cm³/mol. The molecule has 28 heavy (non-hydrogen) atoms. The number of benzene rings is 2. The summed E-state index contributed by atoms with van der Waals surface area (Å²) in [5.74, 6) is -0.483. The van der Waals surface area contributed by atoms with E-state index in [-0.39, 0.29) is 31.6 Å². The van der Waals surface area contributed by atoms with Crippen molar-refractivity contribution in [1.29, 1.82) is 0 Å². The minimum absolute atomic E-state index is 0.0264. The van der Waals surface area contributed by atoms with E-state index in [0.717, 1.165) is 32.9 Å². The molecule has 2 aromatic carbocycles. The summed E-state index contributed by atoms with van der Waals surface area (Å²) >= 11 is 1.55. The van der Waals surface area contributed by atoms with Crippen LogP contribution in [0.5, 0.6) is 0 Å². The Morgan fingerprint density at radius 1 is 1.14 bits per heavy atom. The van der Waals surface area contributed by atoms with E-state index in [0.29, 0.717) is 0 Å². The molecule has 0 fully saturated rings. The summed E-state index contributed by atoms with van der Waals surface area (Å²) in [4.78, 5) is 30.3. The number of anilines is 1. The van der Waals surface area contributed by atoms with Gasteiger partial charge in [-0.25, -0.2) is 4.98 Å². The van der Waals surface area contributed by atoms with Crippen molar-refractivity contribution in [3.8, 4) is 0 Å². The summed E-state index contributed by atoms with van der Waals surface area (Å²) in [5, 5.41) is 3.69. The molecule has 0 bridgehead atoms. The topological polar surface area (TPSA) is 71.5 Å². The van der Waals surface area contributed by atoms with Gasteiger partial charge in [-0.05, 0) is 30.2 Å².